The molecule has 0 aliphatic heterocycles. The van der Waals surface area contributed by atoms with Gasteiger partial charge in [0, 0.05) is 35.8 Å². The number of amides is 2. The van der Waals surface area contributed by atoms with E-state index in [2.05, 4.69) is 51.6 Å². The molecule has 0 aliphatic rings. The highest BCUT2D eigenvalue weighted by Gasteiger charge is 2.18. The number of anilines is 2. The molecule has 3 N–H and O–H groups in total. The molecule has 2 amide bonds. The number of pyridine rings is 1. The molecular weight excluding hydrogens is 505 g/mol. The second-order valence-corrected chi connectivity index (χ2v) is 10.6. The van der Waals surface area contributed by atoms with E-state index in [1.165, 1.54) is 22.4 Å². The summed E-state index contributed by atoms with van der Waals surface area (Å²) < 4.78 is 16.1. The van der Waals surface area contributed by atoms with Crippen LogP contribution < -0.4 is 16.2 Å². The molecule has 36 heavy (non-hydrogen) atoms. The van der Waals surface area contributed by atoms with Crippen LogP contribution in [0.2, 0.25) is 5.02 Å². The third-order valence-corrected chi connectivity index (χ3v) is 6.17. The summed E-state index contributed by atoms with van der Waals surface area (Å²) in [5, 5.41) is 13.2. The largest absolute Gasteiger partial charge is 0.324 e. The van der Waals surface area contributed by atoms with Crippen molar-refractivity contribution >= 4 is 51.9 Å². The number of hydrogen-bond acceptors (Lipinski definition) is 6. The van der Waals surface area contributed by atoms with E-state index in [0.717, 1.165) is 11.8 Å². The number of thioether (sulfide) groups is 1. The van der Waals surface area contributed by atoms with Crippen molar-refractivity contribution in [1.82, 2.24) is 24.7 Å². The van der Waals surface area contributed by atoms with Crippen LogP contribution in [0.25, 0.3) is 22.2 Å². The Morgan fingerprint density at radius 3 is 2.64 bits per heavy atom. The Morgan fingerprint density at radius 2 is 1.94 bits per heavy atom. The molecule has 0 spiro atoms. The van der Waals surface area contributed by atoms with Gasteiger partial charge in [-0.1, -0.05) is 44.1 Å². The molecule has 4 rings (SSSR count). The molecule has 9 nitrogen and oxygen atoms in total. The average Bonchev–Trinajstić information content (AvgIpc) is 3.22. The van der Waals surface area contributed by atoms with Crippen LogP contribution >= 0.6 is 23.4 Å². The number of halogens is 2. The zero-order valence-electron chi connectivity index (χ0n) is 20.4. The van der Waals surface area contributed by atoms with Gasteiger partial charge in [0.25, 0.3) is 5.56 Å². The fourth-order valence-corrected chi connectivity index (χ4v) is 4.30. The molecule has 0 bridgehead atoms. The van der Waals surface area contributed by atoms with Gasteiger partial charge in [-0.05, 0) is 36.3 Å². The van der Waals surface area contributed by atoms with E-state index in [4.69, 9.17) is 11.6 Å². The Morgan fingerprint density at radius 1 is 1.19 bits per heavy atom. The Balaban J connectivity index is 1.63. The van der Waals surface area contributed by atoms with Crippen molar-refractivity contribution in [3.05, 3.63) is 57.3 Å². The van der Waals surface area contributed by atoms with E-state index in [1.54, 1.807) is 25.4 Å². The topological polar surface area (TPSA) is 118 Å². The smallest absolute Gasteiger partial charge is 0.305 e. The summed E-state index contributed by atoms with van der Waals surface area (Å²) in [6, 6.07) is 5.03. The van der Waals surface area contributed by atoms with Crippen LogP contribution in [0, 0.1) is 11.2 Å². The Bertz CT molecular complexity index is 1530. The number of carbonyl (C=O) groups is 1. The number of H-pyrrole nitrogens is 1. The zero-order valence-corrected chi connectivity index (χ0v) is 21.9. The molecule has 3 aromatic heterocycles. The van der Waals surface area contributed by atoms with E-state index in [0.29, 0.717) is 28.4 Å². The number of aromatic nitrogens is 5. The lowest BCUT2D eigenvalue weighted by Crippen LogP contribution is -2.21. The minimum Gasteiger partial charge on any atom is -0.305 e. The van der Waals surface area contributed by atoms with Crippen LogP contribution in [0.3, 0.4) is 0 Å². The third-order valence-electron chi connectivity index (χ3n) is 5.29. The first-order chi connectivity index (χ1) is 16.9. The normalized spacial score (nSPS) is 11.6. The standard InChI is InChI=1S/C24H25ClFN7O2S/c1-24(2,3)10-13-7-19(32-31-13)29-22(35)28-18-8-14(16(25)9-17(18)26)15-6-12-11-27-23(36-5)30-20(12)33(4)21(15)34/h6-9,11H,10H2,1-5H3,(H3,28,29,31,32,35). The van der Waals surface area contributed by atoms with Gasteiger partial charge in [-0.3, -0.25) is 19.8 Å². The SMILES string of the molecule is CSc1ncc2cc(-c3cc(NC(=O)Nc4cc(CC(C)(C)C)n[nH]4)c(F)cc3Cl)c(=O)n(C)c2n1. The van der Waals surface area contributed by atoms with E-state index < -0.39 is 11.8 Å². The number of fused-ring (bicyclic) bond motifs is 1. The van der Waals surface area contributed by atoms with Crippen LogP contribution in [0.5, 0.6) is 0 Å². The lowest BCUT2D eigenvalue weighted by molar-refractivity contribution is 0.262. The van der Waals surface area contributed by atoms with Gasteiger partial charge in [0.05, 0.1) is 16.4 Å². The molecule has 188 valence electrons. The molecule has 0 radical (unpaired) electrons. The number of aryl methyl sites for hydroxylation is 1. The minimum absolute atomic E-state index is 0.0250. The number of hydrogen-bond donors (Lipinski definition) is 3. The maximum absolute atomic E-state index is 14.7. The molecule has 0 aliphatic carbocycles. The fourth-order valence-electron chi connectivity index (χ4n) is 3.71. The van der Waals surface area contributed by atoms with Crippen molar-refractivity contribution in [2.45, 2.75) is 32.3 Å². The lowest BCUT2D eigenvalue weighted by Gasteiger charge is -2.15. The fraction of sp³-hybridized carbons (Fsp3) is 0.292. The van der Waals surface area contributed by atoms with Gasteiger partial charge in [0.15, 0.2) is 5.16 Å². The highest BCUT2D eigenvalue weighted by atomic mass is 35.5. The van der Waals surface area contributed by atoms with Crippen LogP contribution in [-0.2, 0) is 13.5 Å². The number of nitrogens with one attached hydrogen (secondary N) is 3. The Labute approximate surface area is 215 Å². The van der Waals surface area contributed by atoms with Gasteiger partial charge in [-0.2, -0.15) is 5.10 Å². The van der Waals surface area contributed by atoms with Crippen molar-refractivity contribution in [2.75, 3.05) is 16.9 Å². The summed E-state index contributed by atoms with van der Waals surface area (Å²) in [5.74, 6) is -0.378. The highest BCUT2D eigenvalue weighted by molar-refractivity contribution is 7.98. The number of aromatic amines is 1. The first-order valence-electron chi connectivity index (χ1n) is 11.0. The summed E-state index contributed by atoms with van der Waals surface area (Å²) in [6.45, 7) is 6.25. The Kier molecular flexibility index (Phi) is 7.05. The second kappa shape index (κ2) is 9.90. The summed E-state index contributed by atoms with van der Waals surface area (Å²) in [4.78, 5) is 34.3. The molecule has 0 saturated carbocycles. The maximum Gasteiger partial charge on any atom is 0.324 e. The van der Waals surface area contributed by atoms with E-state index in [1.807, 2.05) is 6.26 Å². The van der Waals surface area contributed by atoms with Crippen molar-refractivity contribution in [1.29, 1.82) is 0 Å². The Hall–Kier alpha value is -3.44. The van der Waals surface area contributed by atoms with E-state index in [-0.39, 0.29) is 32.8 Å². The molecular formula is C24H25ClFN7O2S. The summed E-state index contributed by atoms with van der Waals surface area (Å²) in [5.41, 5.74) is 1.25. The molecule has 12 heteroatoms. The average molecular weight is 530 g/mol. The monoisotopic (exact) mass is 529 g/mol. The molecule has 0 atom stereocenters. The summed E-state index contributed by atoms with van der Waals surface area (Å²) >= 11 is 7.68. The van der Waals surface area contributed by atoms with Crippen molar-refractivity contribution < 1.29 is 9.18 Å². The predicted octanol–water partition coefficient (Wildman–Crippen LogP) is 5.47. The van der Waals surface area contributed by atoms with Crippen molar-refractivity contribution in [3.8, 4) is 11.1 Å². The summed E-state index contributed by atoms with van der Waals surface area (Å²) in [7, 11) is 1.59. The van der Waals surface area contributed by atoms with Crippen LogP contribution in [0.1, 0.15) is 26.5 Å². The van der Waals surface area contributed by atoms with Crippen LogP contribution in [-0.4, -0.2) is 37.0 Å². The molecule has 0 fully saturated rings. The lowest BCUT2D eigenvalue weighted by atomic mass is 9.91. The van der Waals surface area contributed by atoms with Gasteiger partial charge in [-0.15, -0.1) is 0 Å². The van der Waals surface area contributed by atoms with E-state index in [9.17, 15) is 14.0 Å². The van der Waals surface area contributed by atoms with Gasteiger partial charge in [-0.25, -0.2) is 19.2 Å². The predicted molar refractivity (Wildman–Crippen MR) is 141 cm³/mol. The molecule has 1 aromatic carbocycles. The van der Waals surface area contributed by atoms with Gasteiger partial charge < -0.3 is 5.32 Å². The third kappa shape index (κ3) is 5.52. The molecule has 0 saturated heterocycles. The van der Waals surface area contributed by atoms with Gasteiger partial charge in [0.2, 0.25) is 0 Å². The van der Waals surface area contributed by atoms with E-state index >= 15 is 0 Å². The van der Waals surface area contributed by atoms with Crippen LogP contribution in [0.4, 0.5) is 20.7 Å². The molecule has 4 aromatic rings. The maximum atomic E-state index is 14.7. The molecule has 0 unspecified atom stereocenters. The highest BCUT2D eigenvalue weighted by Crippen LogP contribution is 2.32. The number of benzene rings is 1. The minimum atomic E-state index is -0.748. The van der Waals surface area contributed by atoms with Crippen molar-refractivity contribution in [3.63, 3.8) is 0 Å². The quantitative estimate of drug-likeness (QED) is 0.233. The second-order valence-electron chi connectivity index (χ2n) is 9.46. The molecule has 3 heterocycles. The number of carbonyl (C=O) groups excluding carboxylic acids is 1. The first-order valence-corrected chi connectivity index (χ1v) is 12.6. The van der Waals surface area contributed by atoms with Crippen LogP contribution in [0.15, 0.2) is 40.4 Å². The summed E-state index contributed by atoms with van der Waals surface area (Å²) in [6.07, 6.45) is 4.17. The van der Waals surface area contributed by atoms with Crippen molar-refractivity contribution in [2.24, 2.45) is 12.5 Å². The van der Waals surface area contributed by atoms with Gasteiger partial charge in [0.1, 0.15) is 17.3 Å². The number of nitrogens with zero attached hydrogens (tertiary/aromatic N) is 4. The number of rotatable bonds is 5. The first kappa shape index (κ1) is 25.6. The van der Waals surface area contributed by atoms with Gasteiger partial charge >= 0.3 is 6.03 Å². The number of urea groups is 1. The zero-order chi connectivity index (χ0) is 26.2.